The van der Waals surface area contributed by atoms with Crippen molar-refractivity contribution < 1.29 is 40.7 Å². The van der Waals surface area contributed by atoms with Gasteiger partial charge in [0.15, 0.2) is 6.61 Å². The minimum Gasteiger partial charge on any atom is -0.484 e. The van der Waals surface area contributed by atoms with Crippen LogP contribution in [0, 0.1) is 0 Å². The van der Waals surface area contributed by atoms with Gasteiger partial charge in [-0.25, -0.2) is 0 Å². The van der Waals surface area contributed by atoms with Gasteiger partial charge in [0.1, 0.15) is 5.75 Å². The number of hydrogen-bond donors (Lipinski definition) is 2. The van der Waals surface area contributed by atoms with Crippen molar-refractivity contribution in [3.05, 3.63) is 59.2 Å². The average Bonchev–Trinajstić information content (AvgIpc) is 2.65. The summed E-state index contributed by atoms with van der Waals surface area (Å²) in [7, 11) is 0. The molecule has 0 aliphatic rings. The van der Waals surface area contributed by atoms with Gasteiger partial charge in [-0.05, 0) is 49.4 Å². The van der Waals surface area contributed by atoms with Crippen molar-refractivity contribution >= 4 is 17.5 Å². The molecule has 2 N–H and O–H groups in total. The topological polar surface area (TPSA) is 67.4 Å². The van der Waals surface area contributed by atoms with Crippen LogP contribution in [0.4, 0.5) is 32.0 Å². The summed E-state index contributed by atoms with van der Waals surface area (Å²) in [5.74, 6) is -1.88. The van der Waals surface area contributed by atoms with Crippen molar-refractivity contribution in [1.82, 2.24) is 5.32 Å². The molecule has 0 heterocycles. The van der Waals surface area contributed by atoms with Crippen LogP contribution in [-0.4, -0.2) is 25.0 Å². The number of carbonyl (C=O) groups excluding carboxylic acids is 2. The number of anilines is 1. The van der Waals surface area contributed by atoms with Crippen molar-refractivity contribution in [2.24, 2.45) is 0 Å². The summed E-state index contributed by atoms with van der Waals surface area (Å²) in [6.45, 7) is 1.35. The monoisotopic (exact) mass is 434 g/mol. The predicted octanol–water partition coefficient (Wildman–Crippen LogP) is 4.49. The maximum Gasteiger partial charge on any atom is 0.416 e. The molecule has 0 aliphatic carbocycles. The quantitative estimate of drug-likeness (QED) is 0.659. The molecule has 2 aromatic carbocycles. The van der Waals surface area contributed by atoms with E-state index in [4.69, 9.17) is 4.74 Å². The Bertz CT molecular complexity index is 876. The number of hydrogen-bond acceptors (Lipinski definition) is 3. The molecule has 2 amide bonds. The van der Waals surface area contributed by atoms with Crippen molar-refractivity contribution in [1.29, 1.82) is 0 Å². The molecule has 11 heteroatoms. The van der Waals surface area contributed by atoms with E-state index in [2.05, 4.69) is 10.6 Å². The summed E-state index contributed by atoms with van der Waals surface area (Å²) in [6, 6.07) is 6.41. The van der Waals surface area contributed by atoms with Crippen LogP contribution >= 0.6 is 0 Å². The molecule has 2 aromatic rings. The Balaban J connectivity index is 2.06. The zero-order valence-electron chi connectivity index (χ0n) is 15.4. The van der Waals surface area contributed by atoms with Crippen LogP contribution in [0.25, 0.3) is 0 Å². The first-order valence-electron chi connectivity index (χ1n) is 8.50. The van der Waals surface area contributed by atoms with Crippen molar-refractivity contribution in [3.8, 4) is 5.75 Å². The summed E-state index contributed by atoms with van der Waals surface area (Å²) in [4.78, 5) is 23.6. The molecule has 0 saturated heterocycles. The van der Waals surface area contributed by atoms with Crippen LogP contribution in [0.1, 0.15) is 28.4 Å². The molecular formula is C19H16F6N2O3. The summed E-state index contributed by atoms with van der Waals surface area (Å²) >= 11 is 0. The van der Waals surface area contributed by atoms with Gasteiger partial charge in [0, 0.05) is 17.8 Å². The van der Waals surface area contributed by atoms with Gasteiger partial charge in [-0.1, -0.05) is 0 Å². The van der Waals surface area contributed by atoms with E-state index in [0.29, 0.717) is 24.2 Å². The molecule has 0 aliphatic heterocycles. The Kier molecular flexibility index (Phi) is 6.96. The lowest BCUT2D eigenvalue weighted by molar-refractivity contribution is -0.143. The lowest BCUT2D eigenvalue weighted by atomic mass is 10.1. The first-order valence-corrected chi connectivity index (χ1v) is 8.50. The van der Waals surface area contributed by atoms with Gasteiger partial charge < -0.3 is 15.4 Å². The van der Waals surface area contributed by atoms with E-state index in [1.807, 2.05) is 0 Å². The van der Waals surface area contributed by atoms with Gasteiger partial charge in [0.25, 0.3) is 11.8 Å². The second-order valence-electron chi connectivity index (χ2n) is 6.02. The third-order valence-corrected chi connectivity index (χ3v) is 3.70. The number of ether oxygens (including phenoxy) is 1. The van der Waals surface area contributed by atoms with E-state index in [0.717, 1.165) is 0 Å². The highest BCUT2D eigenvalue weighted by atomic mass is 19.4. The molecule has 0 spiro atoms. The molecule has 0 saturated carbocycles. The maximum absolute atomic E-state index is 12.8. The van der Waals surface area contributed by atoms with Crippen LogP contribution < -0.4 is 15.4 Å². The third-order valence-electron chi connectivity index (χ3n) is 3.70. The van der Waals surface area contributed by atoms with Crippen molar-refractivity contribution in [3.63, 3.8) is 0 Å². The fourth-order valence-corrected chi connectivity index (χ4v) is 2.32. The summed E-state index contributed by atoms with van der Waals surface area (Å²) in [6.07, 6.45) is -10.0. The summed E-state index contributed by atoms with van der Waals surface area (Å²) in [5.41, 5.74) is -2.49. The highest BCUT2D eigenvalue weighted by Crippen LogP contribution is 2.38. The second kappa shape index (κ2) is 9.06. The number of halogens is 6. The van der Waals surface area contributed by atoms with Gasteiger partial charge in [0.2, 0.25) is 0 Å². The molecule has 30 heavy (non-hydrogen) atoms. The van der Waals surface area contributed by atoms with E-state index in [9.17, 15) is 35.9 Å². The largest absolute Gasteiger partial charge is 0.484 e. The molecule has 0 unspecified atom stereocenters. The van der Waals surface area contributed by atoms with Crippen LogP contribution in [0.5, 0.6) is 5.75 Å². The van der Waals surface area contributed by atoms with E-state index in [1.54, 1.807) is 6.92 Å². The normalized spacial score (nSPS) is 11.7. The molecule has 2 rings (SSSR count). The molecule has 0 aromatic heterocycles. The van der Waals surface area contributed by atoms with Crippen LogP contribution in [0.3, 0.4) is 0 Å². The zero-order valence-corrected chi connectivity index (χ0v) is 15.4. The summed E-state index contributed by atoms with van der Waals surface area (Å²) < 4.78 is 81.8. The van der Waals surface area contributed by atoms with Gasteiger partial charge in [-0.2, -0.15) is 26.3 Å². The standard InChI is InChI=1S/C19H16F6N2O3/c1-2-26-17(29)11-3-5-14(6-4-11)27-16(28)10-30-15-8-12(18(20,21)22)7-13(9-15)19(23,24)25/h3-9H,2,10H2,1H3,(H,26,29)(H,27,28). The van der Waals surface area contributed by atoms with E-state index >= 15 is 0 Å². The van der Waals surface area contributed by atoms with Gasteiger partial charge in [0.05, 0.1) is 11.1 Å². The number of carbonyl (C=O) groups is 2. The lowest BCUT2D eigenvalue weighted by Crippen LogP contribution is -2.23. The van der Waals surface area contributed by atoms with Crippen molar-refractivity contribution in [2.75, 3.05) is 18.5 Å². The van der Waals surface area contributed by atoms with Crippen molar-refractivity contribution in [2.45, 2.75) is 19.3 Å². The number of alkyl halides is 6. The minimum atomic E-state index is -5.02. The van der Waals surface area contributed by atoms with E-state index in [1.165, 1.54) is 24.3 Å². The van der Waals surface area contributed by atoms with Crippen LogP contribution in [0.2, 0.25) is 0 Å². The highest BCUT2D eigenvalue weighted by molar-refractivity contribution is 5.96. The first-order chi connectivity index (χ1) is 13.9. The maximum atomic E-state index is 12.8. The zero-order chi connectivity index (χ0) is 22.5. The Morgan fingerprint density at radius 3 is 1.90 bits per heavy atom. The van der Waals surface area contributed by atoms with E-state index in [-0.39, 0.29) is 17.7 Å². The number of benzene rings is 2. The SMILES string of the molecule is CCNC(=O)c1ccc(NC(=O)COc2cc(C(F)(F)F)cc(C(F)(F)F)c2)cc1. The Labute approximate surface area is 167 Å². The minimum absolute atomic E-state index is 0.0385. The number of nitrogens with one attached hydrogen (secondary N) is 2. The Morgan fingerprint density at radius 1 is 0.900 bits per heavy atom. The first kappa shape index (κ1) is 23.0. The molecule has 5 nitrogen and oxygen atoms in total. The Morgan fingerprint density at radius 2 is 1.43 bits per heavy atom. The molecule has 0 atom stereocenters. The van der Waals surface area contributed by atoms with Crippen LogP contribution in [0.15, 0.2) is 42.5 Å². The molecule has 0 bridgehead atoms. The second-order valence-corrected chi connectivity index (χ2v) is 6.02. The lowest BCUT2D eigenvalue weighted by Gasteiger charge is -2.14. The van der Waals surface area contributed by atoms with E-state index < -0.39 is 41.7 Å². The average molecular weight is 434 g/mol. The smallest absolute Gasteiger partial charge is 0.416 e. The van der Waals surface area contributed by atoms with Gasteiger partial charge in [-0.3, -0.25) is 9.59 Å². The van der Waals surface area contributed by atoms with Gasteiger partial charge in [-0.15, -0.1) is 0 Å². The van der Waals surface area contributed by atoms with Gasteiger partial charge >= 0.3 is 12.4 Å². The third kappa shape index (κ3) is 6.39. The molecule has 162 valence electrons. The fourth-order valence-electron chi connectivity index (χ4n) is 2.32. The highest BCUT2D eigenvalue weighted by Gasteiger charge is 2.37. The molecule has 0 fully saturated rings. The molecular weight excluding hydrogens is 418 g/mol. The van der Waals surface area contributed by atoms with Crippen LogP contribution in [-0.2, 0) is 17.1 Å². The number of rotatable bonds is 6. The molecule has 0 radical (unpaired) electrons. The Hall–Kier alpha value is -3.24. The number of amides is 2. The summed E-state index contributed by atoms with van der Waals surface area (Å²) in [5, 5.41) is 4.94. The predicted molar refractivity (Wildman–Crippen MR) is 95.0 cm³/mol. The fraction of sp³-hybridized carbons (Fsp3) is 0.263.